The minimum absolute atomic E-state index is 0.277. The first-order chi connectivity index (χ1) is 10.0. The van der Waals surface area contributed by atoms with Crippen molar-refractivity contribution >= 4 is 46.1 Å². The summed E-state index contributed by atoms with van der Waals surface area (Å²) in [6, 6.07) is 11.0. The minimum Gasteiger partial charge on any atom is -0.496 e. The van der Waals surface area contributed by atoms with Crippen molar-refractivity contribution in [1.29, 1.82) is 0 Å². The summed E-state index contributed by atoms with van der Waals surface area (Å²) in [7, 11) is 1.61. The second-order valence-electron chi connectivity index (χ2n) is 4.33. The van der Waals surface area contributed by atoms with E-state index in [1.807, 2.05) is 24.3 Å². The number of hydrogen-bond acceptors (Lipinski definition) is 3. The van der Waals surface area contributed by atoms with Crippen LogP contribution in [0.25, 0.3) is 0 Å². The highest BCUT2D eigenvalue weighted by Gasteiger charge is 2.08. The molecule has 110 valence electrons. The van der Waals surface area contributed by atoms with Crippen molar-refractivity contribution in [2.24, 2.45) is 5.73 Å². The highest BCUT2D eigenvalue weighted by molar-refractivity contribution is 7.80. The molecule has 0 atom stereocenters. The molecule has 0 aliphatic carbocycles. The Kier molecular flexibility index (Phi) is 5.28. The molecule has 0 saturated carbocycles. The van der Waals surface area contributed by atoms with Crippen molar-refractivity contribution in [2.45, 2.75) is 6.54 Å². The monoisotopic (exact) mass is 340 g/mol. The predicted octanol–water partition coefficient (Wildman–Crippen LogP) is 4.25. The second-order valence-corrected chi connectivity index (χ2v) is 5.59. The Morgan fingerprint density at radius 1 is 1.24 bits per heavy atom. The quantitative estimate of drug-likeness (QED) is 0.799. The standard InChI is InChI=1S/C15H14Cl2N2OS/c1-20-14-4-2-3-12(16)11(14)8-19-9-5-6-10(15(18)21)13(17)7-9/h2-7,19H,8H2,1H3,(H2,18,21). The first-order valence-electron chi connectivity index (χ1n) is 6.17. The zero-order valence-electron chi connectivity index (χ0n) is 11.3. The Morgan fingerprint density at radius 3 is 2.62 bits per heavy atom. The lowest BCUT2D eigenvalue weighted by Gasteiger charge is -2.13. The summed E-state index contributed by atoms with van der Waals surface area (Å²) in [5.41, 5.74) is 7.97. The Morgan fingerprint density at radius 2 is 2.00 bits per heavy atom. The lowest BCUT2D eigenvalue weighted by molar-refractivity contribution is 0.410. The van der Waals surface area contributed by atoms with E-state index < -0.39 is 0 Å². The van der Waals surface area contributed by atoms with Gasteiger partial charge in [-0.05, 0) is 30.3 Å². The fraction of sp³-hybridized carbons (Fsp3) is 0.133. The van der Waals surface area contributed by atoms with Gasteiger partial charge in [-0.2, -0.15) is 0 Å². The van der Waals surface area contributed by atoms with Crippen molar-refractivity contribution in [3.63, 3.8) is 0 Å². The summed E-state index contributed by atoms with van der Waals surface area (Å²) in [5.74, 6) is 0.737. The number of methoxy groups -OCH3 is 1. The minimum atomic E-state index is 0.277. The molecule has 2 rings (SSSR count). The normalized spacial score (nSPS) is 10.2. The number of hydrogen-bond donors (Lipinski definition) is 2. The molecule has 0 bridgehead atoms. The summed E-state index contributed by atoms with van der Waals surface area (Å²) in [4.78, 5) is 0.277. The number of anilines is 1. The van der Waals surface area contributed by atoms with Crippen molar-refractivity contribution in [3.8, 4) is 5.75 Å². The molecule has 0 radical (unpaired) electrons. The SMILES string of the molecule is COc1cccc(Cl)c1CNc1ccc(C(N)=S)c(Cl)c1. The van der Waals surface area contributed by atoms with Gasteiger partial charge in [0.15, 0.2) is 0 Å². The molecule has 0 aliphatic rings. The van der Waals surface area contributed by atoms with E-state index in [-0.39, 0.29) is 4.99 Å². The van der Waals surface area contributed by atoms with Gasteiger partial charge in [0.1, 0.15) is 10.7 Å². The van der Waals surface area contributed by atoms with Crippen molar-refractivity contribution in [1.82, 2.24) is 0 Å². The lowest BCUT2D eigenvalue weighted by atomic mass is 10.1. The van der Waals surface area contributed by atoms with E-state index in [0.717, 1.165) is 17.0 Å². The molecule has 0 amide bonds. The molecular weight excluding hydrogens is 327 g/mol. The second kappa shape index (κ2) is 6.98. The average molecular weight is 341 g/mol. The number of ether oxygens (including phenoxy) is 1. The summed E-state index contributed by atoms with van der Waals surface area (Å²) >= 11 is 17.3. The van der Waals surface area contributed by atoms with E-state index in [0.29, 0.717) is 22.2 Å². The number of halogens is 2. The Bertz CT molecular complexity index is 677. The van der Waals surface area contributed by atoms with Crippen LogP contribution < -0.4 is 15.8 Å². The molecule has 0 heterocycles. The van der Waals surface area contributed by atoms with E-state index in [1.54, 1.807) is 19.2 Å². The number of thiocarbonyl (C=S) groups is 1. The molecule has 0 saturated heterocycles. The highest BCUT2D eigenvalue weighted by Crippen LogP contribution is 2.28. The van der Waals surface area contributed by atoms with E-state index in [4.69, 9.17) is 45.9 Å². The van der Waals surface area contributed by atoms with Gasteiger partial charge in [0.05, 0.1) is 12.1 Å². The zero-order chi connectivity index (χ0) is 15.4. The number of nitrogens with two attached hydrogens (primary N) is 1. The number of rotatable bonds is 5. The molecule has 0 fully saturated rings. The van der Waals surface area contributed by atoms with Gasteiger partial charge in [0.25, 0.3) is 0 Å². The first kappa shape index (κ1) is 15.9. The molecular formula is C15H14Cl2N2OS. The van der Waals surface area contributed by atoms with E-state index in [9.17, 15) is 0 Å². The lowest BCUT2D eigenvalue weighted by Crippen LogP contribution is -2.10. The molecule has 2 aromatic rings. The smallest absolute Gasteiger partial charge is 0.125 e. The van der Waals surface area contributed by atoms with Gasteiger partial charge in [-0.25, -0.2) is 0 Å². The van der Waals surface area contributed by atoms with Gasteiger partial charge in [0, 0.05) is 28.4 Å². The maximum atomic E-state index is 6.19. The van der Waals surface area contributed by atoms with Gasteiger partial charge in [-0.1, -0.05) is 41.5 Å². The Balaban J connectivity index is 2.17. The molecule has 0 aliphatic heterocycles. The van der Waals surface area contributed by atoms with Crippen LogP contribution in [-0.4, -0.2) is 12.1 Å². The number of nitrogens with one attached hydrogen (secondary N) is 1. The largest absolute Gasteiger partial charge is 0.496 e. The topological polar surface area (TPSA) is 47.3 Å². The van der Waals surface area contributed by atoms with Gasteiger partial charge in [-0.15, -0.1) is 0 Å². The van der Waals surface area contributed by atoms with E-state index in [2.05, 4.69) is 5.32 Å². The van der Waals surface area contributed by atoms with Gasteiger partial charge in [0.2, 0.25) is 0 Å². The van der Waals surface area contributed by atoms with Gasteiger partial charge in [-0.3, -0.25) is 0 Å². The summed E-state index contributed by atoms with van der Waals surface area (Å²) in [5, 5.41) is 4.41. The van der Waals surface area contributed by atoms with E-state index in [1.165, 1.54) is 0 Å². The van der Waals surface area contributed by atoms with Crippen LogP contribution in [0, 0.1) is 0 Å². The molecule has 2 aromatic carbocycles. The third-order valence-electron chi connectivity index (χ3n) is 3.00. The molecule has 6 heteroatoms. The third-order valence-corrected chi connectivity index (χ3v) is 3.89. The first-order valence-corrected chi connectivity index (χ1v) is 7.34. The molecule has 0 aromatic heterocycles. The molecule has 3 nitrogen and oxygen atoms in total. The fourth-order valence-corrected chi connectivity index (χ4v) is 2.67. The third kappa shape index (κ3) is 3.79. The predicted molar refractivity (Wildman–Crippen MR) is 92.7 cm³/mol. The van der Waals surface area contributed by atoms with Gasteiger partial charge >= 0.3 is 0 Å². The van der Waals surface area contributed by atoms with Crippen LogP contribution in [0.5, 0.6) is 5.75 Å². The van der Waals surface area contributed by atoms with Gasteiger partial charge < -0.3 is 15.8 Å². The van der Waals surface area contributed by atoms with Crippen molar-refractivity contribution in [3.05, 3.63) is 57.6 Å². The summed E-state index contributed by atoms with van der Waals surface area (Å²) in [6.07, 6.45) is 0. The van der Waals surface area contributed by atoms with Crippen LogP contribution in [-0.2, 0) is 6.54 Å². The van der Waals surface area contributed by atoms with Crippen LogP contribution in [0.15, 0.2) is 36.4 Å². The fourth-order valence-electron chi connectivity index (χ4n) is 1.92. The Hall–Kier alpha value is -1.49. The van der Waals surface area contributed by atoms with Crippen molar-refractivity contribution < 1.29 is 4.74 Å². The maximum absolute atomic E-state index is 6.19. The summed E-state index contributed by atoms with van der Waals surface area (Å²) < 4.78 is 5.30. The summed E-state index contributed by atoms with van der Waals surface area (Å²) in [6.45, 7) is 0.519. The van der Waals surface area contributed by atoms with Crippen LogP contribution in [0.1, 0.15) is 11.1 Å². The maximum Gasteiger partial charge on any atom is 0.125 e. The zero-order valence-corrected chi connectivity index (χ0v) is 13.6. The molecule has 21 heavy (non-hydrogen) atoms. The molecule has 3 N–H and O–H groups in total. The van der Waals surface area contributed by atoms with E-state index >= 15 is 0 Å². The van der Waals surface area contributed by atoms with Crippen LogP contribution in [0.4, 0.5) is 5.69 Å². The van der Waals surface area contributed by atoms with Crippen molar-refractivity contribution in [2.75, 3.05) is 12.4 Å². The van der Waals surface area contributed by atoms with Crippen LogP contribution >= 0.6 is 35.4 Å². The number of benzene rings is 2. The average Bonchev–Trinajstić information content (AvgIpc) is 2.45. The van der Waals surface area contributed by atoms with Crippen LogP contribution in [0.3, 0.4) is 0 Å². The highest BCUT2D eigenvalue weighted by atomic mass is 35.5. The van der Waals surface area contributed by atoms with Crippen LogP contribution in [0.2, 0.25) is 10.0 Å². The molecule has 0 unspecified atom stereocenters. The Labute approximate surface area is 139 Å². The molecule has 0 spiro atoms.